The van der Waals surface area contributed by atoms with Gasteiger partial charge < -0.3 is 19.5 Å². The van der Waals surface area contributed by atoms with Crippen molar-refractivity contribution < 1.29 is 4.74 Å². The number of imidazole rings is 1. The highest BCUT2D eigenvalue weighted by atomic mass is 16.5. The summed E-state index contributed by atoms with van der Waals surface area (Å²) >= 11 is 0. The van der Waals surface area contributed by atoms with E-state index in [0.717, 1.165) is 58.0 Å². The summed E-state index contributed by atoms with van der Waals surface area (Å²) in [5, 5.41) is 3.54. The van der Waals surface area contributed by atoms with Gasteiger partial charge in [-0.2, -0.15) is 0 Å². The second-order valence-corrected chi connectivity index (χ2v) is 9.09. The first-order valence-electron chi connectivity index (χ1n) is 11.8. The summed E-state index contributed by atoms with van der Waals surface area (Å²) < 4.78 is 8.47. The highest BCUT2D eigenvalue weighted by Gasteiger charge is 2.30. The maximum Gasteiger partial charge on any atom is 0.193 e. The number of ether oxygens (including phenoxy) is 1. The fraction of sp³-hybridized carbons (Fsp3) is 0.600. The zero-order chi connectivity index (χ0) is 21.6. The number of aromatic nitrogens is 2. The molecule has 0 aliphatic carbocycles. The molecule has 3 heterocycles. The van der Waals surface area contributed by atoms with E-state index in [-0.39, 0.29) is 6.10 Å². The topological polar surface area (TPSA) is 54.7 Å². The van der Waals surface area contributed by atoms with Crippen molar-refractivity contribution >= 4 is 5.96 Å². The van der Waals surface area contributed by atoms with E-state index in [1.807, 2.05) is 12.5 Å². The Kier molecular flexibility index (Phi) is 7.28. The first-order chi connectivity index (χ1) is 15.2. The van der Waals surface area contributed by atoms with E-state index in [0.29, 0.717) is 17.9 Å². The minimum Gasteiger partial charge on any atom is -0.373 e. The van der Waals surface area contributed by atoms with E-state index in [2.05, 4.69) is 71.0 Å². The highest BCUT2D eigenvalue weighted by molar-refractivity contribution is 5.80. The summed E-state index contributed by atoms with van der Waals surface area (Å²) in [4.78, 5) is 11.8. The van der Waals surface area contributed by atoms with Crippen molar-refractivity contribution in [3.05, 3.63) is 54.1 Å². The van der Waals surface area contributed by atoms with Gasteiger partial charge >= 0.3 is 0 Å². The average Bonchev–Trinajstić information content (AvgIpc) is 3.33. The van der Waals surface area contributed by atoms with Gasteiger partial charge in [0.2, 0.25) is 0 Å². The molecule has 0 amide bonds. The van der Waals surface area contributed by atoms with Gasteiger partial charge in [-0.05, 0) is 44.6 Å². The van der Waals surface area contributed by atoms with E-state index in [1.54, 1.807) is 0 Å². The lowest BCUT2D eigenvalue weighted by Crippen LogP contribution is -2.49. The Labute approximate surface area is 186 Å². The Morgan fingerprint density at radius 2 is 2.10 bits per heavy atom. The smallest absolute Gasteiger partial charge is 0.193 e. The molecular weight excluding hydrogens is 386 g/mol. The minimum absolute atomic E-state index is 0.140. The second kappa shape index (κ2) is 10.3. The van der Waals surface area contributed by atoms with Crippen LogP contribution in [-0.4, -0.2) is 53.2 Å². The molecule has 2 aromatic rings. The predicted octanol–water partition coefficient (Wildman–Crippen LogP) is 4.21. The molecule has 1 aromatic carbocycles. The van der Waals surface area contributed by atoms with Crippen LogP contribution >= 0.6 is 0 Å². The molecule has 0 spiro atoms. The van der Waals surface area contributed by atoms with E-state index in [4.69, 9.17) is 9.73 Å². The van der Waals surface area contributed by atoms with Gasteiger partial charge in [0.15, 0.2) is 5.96 Å². The van der Waals surface area contributed by atoms with Gasteiger partial charge in [-0.3, -0.25) is 4.99 Å². The summed E-state index contributed by atoms with van der Waals surface area (Å²) in [6.07, 6.45) is 9.48. The van der Waals surface area contributed by atoms with Gasteiger partial charge in [-0.1, -0.05) is 36.8 Å². The zero-order valence-electron chi connectivity index (χ0n) is 19.2. The van der Waals surface area contributed by atoms with Crippen LogP contribution in [0.4, 0.5) is 0 Å². The Morgan fingerprint density at radius 1 is 1.26 bits per heavy atom. The van der Waals surface area contributed by atoms with Crippen LogP contribution in [0.2, 0.25) is 0 Å². The Bertz CT molecular complexity index is 832. The molecule has 1 aromatic heterocycles. The van der Waals surface area contributed by atoms with Crippen molar-refractivity contribution in [2.45, 2.75) is 52.2 Å². The summed E-state index contributed by atoms with van der Waals surface area (Å²) in [6, 6.07) is 9.23. The molecule has 168 valence electrons. The van der Waals surface area contributed by atoms with Crippen molar-refractivity contribution in [1.29, 1.82) is 0 Å². The van der Waals surface area contributed by atoms with E-state index >= 15 is 0 Å². The number of nitrogens with zero attached hydrogens (tertiary/aromatic N) is 4. The Hall–Kier alpha value is -2.34. The third-order valence-corrected chi connectivity index (χ3v) is 6.79. The first-order valence-corrected chi connectivity index (χ1v) is 11.8. The van der Waals surface area contributed by atoms with Crippen molar-refractivity contribution in [2.75, 3.05) is 32.8 Å². The number of aryl methyl sites for hydroxylation is 1. The molecule has 0 saturated carbocycles. The normalized spacial score (nSPS) is 27.3. The van der Waals surface area contributed by atoms with Gasteiger partial charge in [0, 0.05) is 51.1 Å². The number of hydrogen-bond donors (Lipinski definition) is 1. The van der Waals surface area contributed by atoms with Crippen molar-refractivity contribution in [1.82, 2.24) is 19.8 Å². The first kappa shape index (κ1) is 21.9. The fourth-order valence-corrected chi connectivity index (χ4v) is 4.88. The van der Waals surface area contributed by atoms with Gasteiger partial charge in [-0.25, -0.2) is 4.98 Å². The lowest BCUT2D eigenvalue weighted by atomic mass is 9.89. The number of aliphatic imine (C=N–C) groups is 1. The monoisotopic (exact) mass is 423 g/mol. The quantitative estimate of drug-likeness (QED) is 0.578. The molecule has 4 atom stereocenters. The molecule has 2 saturated heterocycles. The number of hydrogen-bond acceptors (Lipinski definition) is 3. The lowest BCUT2D eigenvalue weighted by molar-refractivity contribution is -0.0251. The zero-order valence-corrected chi connectivity index (χ0v) is 19.2. The van der Waals surface area contributed by atoms with Crippen molar-refractivity contribution in [3.63, 3.8) is 0 Å². The van der Waals surface area contributed by atoms with Crippen LogP contribution in [0.15, 0.2) is 48.0 Å². The second-order valence-electron chi connectivity index (χ2n) is 9.09. The molecule has 0 bridgehead atoms. The predicted molar refractivity (Wildman–Crippen MR) is 125 cm³/mol. The number of likely N-dealkylation sites (tertiary alicyclic amines) is 1. The largest absolute Gasteiger partial charge is 0.373 e. The molecule has 1 N–H and O–H groups in total. The van der Waals surface area contributed by atoms with Crippen LogP contribution in [0.25, 0.3) is 0 Å². The molecule has 4 unspecified atom stereocenters. The van der Waals surface area contributed by atoms with Gasteiger partial charge in [0.1, 0.15) is 0 Å². The molecule has 2 aliphatic rings. The molecule has 6 heteroatoms. The minimum atomic E-state index is 0.140. The summed E-state index contributed by atoms with van der Waals surface area (Å²) in [7, 11) is 0. The standard InChI is InChI=1S/C25H37N5O/c1-4-27-25(29-13-11-20(3)23(17-29)30-14-12-26-18-30)28-16-22-6-5-15-31-24(22)21-9-7-19(2)8-10-21/h7-10,12,14,18,20,22-24H,4-6,11,13,15-17H2,1-3H3,(H,27,28). The van der Waals surface area contributed by atoms with E-state index in [9.17, 15) is 0 Å². The summed E-state index contributed by atoms with van der Waals surface area (Å²) in [5.74, 6) is 2.08. The van der Waals surface area contributed by atoms with Crippen LogP contribution < -0.4 is 5.32 Å². The Balaban J connectivity index is 1.48. The van der Waals surface area contributed by atoms with Crippen LogP contribution in [-0.2, 0) is 4.74 Å². The number of rotatable bonds is 5. The molecule has 31 heavy (non-hydrogen) atoms. The highest BCUT2D eigenvalue weighted by Crippen LogP contribution is 2.34. The van der Waals surface area contributed by atoms with Gasteiger partial charge in [0.25, 0.3) is 0 Å². The van der Waals surface area contributed by atoms with Crippen molar-refractivity contribution in [2.24, 2.45) is 16.8 Å². The Morgan fingerprint density at radius 3 is 2.84 bits per heavy atom. The average molecular weight is 424 g/mol. The maximum absolute atomic E-state index is 6.22. The number of nitrogens with one attached hydrogen (secondary N) is 1. The van der Waals surface area contributed by atoms with Crippen molar-refractivity contribution in [3.8, 4) is 0 Å². The third-order valence-electron chi connectivity index (χ3n) is 6.79. The molecule has 6 nitrogen and oxygen atoms in total. The SMILES string of the molecule is CCNC(=NCC1CCCOC1c1ccc(C)cc1)N1CCC(C)C(n2ccnc2)C1. The number of guanidine groups is 1. The number of piperidine rings is 1. The summed E-state index contributed by atoms with van der Waals surface area (Å²) in [5.41, 5.74) is 2.57. The molecule has 4 rings (SSSR count). The van der Waals surface area contributed by atoms with Crippen LogP contribution in [0, 0.1) is 18.8 Å². The molecular formula is C25H37N5O. The molecule has 0 radical (unpaired) electrons. The van der Waals surface area contributed by atoms with E-state index < -0.39 is 0 Å². The van der Waals surface area contributed by atoms with Gasteiger partial charge in [-0.15, -0.1) is 0 Å². The maximum atomic E-state index is 6.22. The van der Waals surface area contributed by atoms with Crippen LogP contribution in [0.1, 0.15) is 56.4 Å². The third kappa shape index (κ3) is 5.29. The van der Waals surface area contributed by atoms with Crippen LogP contribution in [0.3, 0.4) is 0 Å². The summed E-state index contributed by atoms with van der Waals surface area (Å²) in [6.45, 7) is 11.1. The van der Waals surface area contributed by atoms with Gasteiger partial charge in [0.05, 0.1) is 18.5 Å². The van der Waals surface area contributed by atoms with Crippen LogP contribution in [0.5, 0.6) is 0 Å². The molecule has 2 fully saturated rings. The number of benzene rings is 1. The molecule has 2 aliphatic heterocycles. The van der Waals surface area contributed by atoms with E-state index in [1.165, 1.54) is 11.1 Å². The fourth-order valence-electron chi connectivity index (χ4n) is 4.88. The lowest BCUT2D eigenvalue weighted by Gasteiger charge is -2.39.